The van der Waals surface area contributed by atoms with Gasteiger partial charge in [-0.3, -0.25) is 0 Å². The molecule has 2 N–H and O–H groups in total. The summed E-state index contributed by atoms with van der Waals surface area (Å²) in [5, 5.41) is 0. The van der Waals surface area contributed by atoms with Crippen molar-refractivity contribution in [2.75, 3.05) is 0 Å². The molecule has 0 amide bonds. The zero-order valence-electron chi connectivity index (χ0n) is 10.8. The van der Waals surface area contributed by atoms with Crippen LogP contribution < -0.4 is 10.5 Å². The molecule has 2 aromatic rings. The average Bonchev–Trinajstić information content (AvgIpc) is 2.85. The highest BCUT2D eigenvalue weighted by Crippen LogP contribution is 2.29. The van der Waals surface area contributed by atoms with Gasteiger partial charge in [0.2, 0.25) is 0 Å². The summed E-state index contributed by atoms with van der Waals surface area (Å²) in [6, 6.07) is 9.29. The summed E-state index contributed by atoms with van der Waals surface area (Å²) < 4.78 is 40.0. The molecule has 1 aromatic heterocycles. The number of nitrogens with two attached hydrogens (primary N) is 1. The Morgan fingerprint density at radius 1 is 1.15 bits per heavy atom. The lowest BCUT2D eigenvalue weighted by Crippen LogP contribution is -2.17. The second-order valence-electron chi connectivity index (χ2n) is 4.25. The molecule has 20 heavy (non-hydrogen) atoms. The number of rotatable bonds is 4. The first-order valence-corrected chi connectivity index (χ1v) is 6.90. The predicted octanol–water partition coefficient (Wildman–Crippen LogP) is 4.26. The maximum Gasteiger partial charge on any atom is 0.573 e. The van der Waals surface area contributed by atoms with Crippen molar-refractivity contribution >= 4 is 11.3 Å². The maximum absolute atomic E-state index is 12.1. The van der Waals surface area contributed by atoms with E-state index in [-0.39, 0.29) is 11.8 Å². The van der Waals surface area contributed by atoms with Gasteiger partial charge in [-0.25, -0.2) is 0 Å². The standard InChI is InChI=1S/C14H14F3NOS/c1-2-11-7-8-12(20-11)13(18)9-3-5-10(6-4-9)19-14(15,16)17/h3-8,13H,2,18H2,1H3/t13-/m0/s1. The highest BCUT2D eigenvalue weighted by atomic mass is 32.1. The third kappa shape index (κ3) is 3.74. The molecule has 0 spiro atoms. The molecule has 0 bridgehead atoms. The van der Waals surface area contributed by atoms with E-state index >= 15 is 0 Å². The monoisotopic (exact) mass is 301 g/mol. The number of hydrogen-bond donors (Lipinski definition) is 1. The number of benzene rings is 1. The van der Waals surface area contributed by atoms with Gasteiger partial charge in [0.25, 0.3) is 0 Å². The molecule has 108 valence electrons. The first-order valence-electron chi connectivity index (χ1n) is 6.09. The summed E-state index contributed by atoms with van der Waals surface area (Å²) in [5.41, 5.74) is 6.86. The molecule has 6 heteroatoms. The van der Waals surface area contributed by atoms with Crippen LogP contribution in [0, 0.1) is 0 Å². The topological polar surface area (TPSA) is 35.2 Å². The normalized spacial score (nSPS) is 13.2. The van der Waals surface area contributed by atoms with E-state index in [4.69, 9.17) is 5.73 Å². The molecule has 2 nitrogen and oxygen atoms in total. The first kappa shape index (κ1) is 14.9. The number of aryl methyl sites for hydroxylation is 1. The fraction of sp³-hybridized carbons (Fsp3) is 0.286. The number of halogens is 3. The number of alkyl halides is 3. The van der Waals surface area contributed by atoms with E-state index in [1.807, 2.05) is 12.1 Å². The number of thiophene rings is 1. The van der Waals surface area contributed by atoms with Crippen LogP contribution in [-0.4, -0.2) is 6.36 Å². The highest BCUT2D eigenvalue weighted by Gasteiger charge is 2.31. The molecule has 1 heterocycles. The third-order valence-electron chi connectivity index (χ3n) is 2.81. The minimum Gasteiger partial charge on any atom is -0.406 e. The maximum atomic E-state index is 12.1. The summed E-state index contributed by atoms with van der Waals surface area (Å²) in [7, 11) is 0. The van der Waals surface area contributed by atoms with Gasteiger partial charge in [0.05, 0.1) is 6.04 Å². The Bertz CT molecular complexity index is 563. The number of ether oxygens (including phenoxy) is 1. The van der Waals surface area contributed by atoms with Crippen molar-refractivity contribution in [1.82, 2.24) is 0 Å². The SMILES string of the molecule is CCc1ccc([C@@H](N)c2ccc(OC(F)(F)F)cc2)s1. The second kappa shape index (κ2) is 5.85. The summed E-state index contributed by atoms with van der Waals surface area (Å²) in [5.74, 6) is -0.242. The van der Waals surface area contributed by atoms with Crippen LogP contribution in [-0.2, 0) is 6.42 Å². The molecule has 2 rings (SSSR count). The van der Waals surface area contributed by atoms with Crippen molar-refractivity contribution in [2.45, 2.75) is 25.7 Å². The van der Waals surface area contributed by atoms with Gasteiger partial charge in [-0.2, -0.15) is 0 Å². The largest absolute Gasteiger partial charge is 0.573 e. The quantitative estimate of drug-likeness (QED) is 0.916. The number of hydrogen-bond acceptors (Lipinski definition) is 3. The van der Waals surface area contributed by atoms with Crippen LogP contribution in [0.25, 0.3) is 0 Å². The Kier molecular flexibility index (Phi) is 4.35. The molecule has 1 aromatic carbocycles. The lowest BCUT2D eigenvalue weighted by atomic mass is 10.1. The van der Waals surface area contributed by atoms with Crippen LogP contribution in [0.4, 0.5) is 13.2 Å². The Morgan fingerprint density at radius 3 is 2.30 bits per heavy atom. The van der Waals surface area contributed by atoms with Gasteiger partial charge >= 0.3 is 6.36 Å². The van der Waals surface area contributed by atoms with Crippen LogP contribution in [0.3, 0.4) is 0 Å². The first-order chi connectivity index (χ1) is 9.39. The van der Waals surface area contributed by atoms with Crippen molar-refractivity contribution in [2.24, 2.45) is 5.73 Å². The molecule has 0 aliphatic rings. The van der Waals surface area contributed by atoms with E-state index < -0.39 is 6.36 Å². The van der Waals surface area contributed by atoms with Gasteiger partial charge in [0.1, 0.15) is 5.75 Å². The molecule has 0 aliphatic carbocycles. The van der Waals surface area contributed by atoms with E-state index in [1.165, 1.54) is 17.0 Å². The van der Waals surface area contributed by atoms with E-state index in [1.54, 1.807) is 23.5 Å². The lowest BCUT2D eigenvalue weighted by molar-refractivity contribution is -0.274. The predicted molar refractivity (Wildman–Crippen MR) is 72.9 cm³/mol. The van der Waals surface area contributed by atoms with Crippen molar-refractivity contribution in [3.05, 3.63) is 51.7 Å². The van der Waals surface area contributed by atoms with E-state index in [2.05, 4.69) is 11.7 Å². The van der Waals surface area contributed by atoms with Crippen molar-refractivity contribution < 1.29 is 17.9 Å². The highest BCUT2D eigenvalue weighted by molar-refractivity contribution is 7.12. The van der Waals surface area contributed by atoms with Crippen LogP contribution >= 0.6 is 11.3 Å². The van der Waals surface area contributed by atoms with Crippen molar-refractivity contribution in [3.8, 4) is 5.75 Å². The smallest absolute Gasteiger partial charge is 0.406 e. The van der Waals surface area contributed by atoms with Crippen LogP contribution in [0.5, 0.6) is 5.75 Å². The molecule has 0 aliphatic heterocycles. The van der Waals surface area contributed by atoms with Gasteiger partial charge < -0.3 is 10.5 Å². The van der Waals surface area contributed by atoms with E-state index in [9.17, 15) is 13.2 Å². The zero-order chi connectivity index (χ0) is 14.8. The van der Waals surface area contributed by atoms with Gasteiger partial charge in [0.15, 0.2) is 0 Å². The van der Waals surface area contributed by atoms with Gasteiger partial charge in [0, 0.05) is 9.75 Å². The molecular weight excluding hydrogens is 287 g/mol. The summed E-state index contributed by atoms with van der Waals surface area (Å²) in [6.45, 7) is 2.06. The minimum absolute atomic E-state index is 0.242. The molecule has 0 unspecified atom stereocenters. The molecule has 0 fully saturated rings. The molecular formula is C14H14F3NOS. The Labute approximate surface area is 119 Å². The van der Waals surface area contributed by atoms with Gasteiger partial charge in [-0.05, 0) is 36.2 Å². The third-order valence-corrected chi connectivity index (χ3v) is 4.12. The minimum atomic E-state index is -4.67. The Morgan fingerprint density at radius 2 is 1.80 bits per heavy atom. The zero-order valence-corrected chi connectivity index (χ0v) is 11.6. The summed E-state index contributed by atoms with van der Waals surface area (Å²) >= 11 is 1.61. The Hall–Kier alpha value is -1.53. The fourth-order valence-electron chi connectivity index (χ4n) is 1.79. The van der Waals surface area contributed by atoms with Crippen LogP contribution in [0.2, 0.25) is 0 Å². The average molecular weight is 301 g/mol. The molecule has 0 saturated carbocycles. The molecule has 0 radical (unpaired) electrons. The molecule has 1 atom stereocenters. The van der Waals surface area contributed by atoms with Gasteiger partial charge in [-0.15, -0.1) is 24.5 Å². The Balaban J connectivity index is 2.13. The van der Waals surface area contributed by atoms with E-state index in [0.29, 0.717) is 0 Å². The van der Waals surface area contributed by atoms with E-state index in [0.717, 1.165) is 16.9 Å². The summed E-state index contributed by atoms with van der Waals surface area (Å²) in [6.07, 6.45) is -3.73. The molecule has 0 saturated heterocycles. The summed E-state index contributed by atoms with van der Waals surface area (Å²) in [4.78, 5) is 2.22. The van der Waals surface area contributed by atoms with Crippen molar-refractivity contribution in [1.29, 1.82) is 0 Å². The fourth-order valence-corrected chi connectivity index (χ4v) is 2.78. The second-order valence-corrected chi connectivity index (χ2v) is 5.45. The van der Waals surface area contributed by atoms with Crippen LogP contribution in [0.1, 0.15) is 28.3 Å². The van der Waals surface area contributed by atoms with Crippen LogP contribution in [0.15, 0.2) is 36.4 Å². The van der Waals surface area contributed by atoms with Crippen molar-refractivity contribution in [3.63, 3.8) is 0 Å². The lowest BCUT2D eigenvalue weighted by Gasteiger charge is -2.12. The van der Waals surface area contributed by atoms with Gasteiger partial charge in [-0.1, -0.05) is 19.1 Å².